The van der Waals surface area contributed by atoms with Crippen LogP contribution in [0.5, 0.6) is 0 Å². The maximum Gasteiger partial charge on any atom is 0.274 e. The largest absolute Gasteiger partial charge is 0.383 e. The topological polar surface area (TPSA) is 38.9 Å². The molecule has 2 N–H and O–H groups in total. The second-order valence-corrected chi connectivity index (χ2v) is 3.74. The molecule has 1 aromatic rings. The molecule has 0 unspecified atom stereocenters. The number of nitrogen functional groups attached to an aromatic ring is 1. The predicted molar refractivity (Wildman–Crippen MR) is 52.3 cm³/mol. The first-order valence-corrected chi connectivity index (χ1v) is 4.46. The molecule has 14 heavy (non-hydrogen) atoms. The molecule has 0 atom stereocenters. The number of rotatable bonds is 2. The number of nitrogens with two attached hydrogens (primary N) is 1. The van der Waals surface area contributed by atoms with Crippen molar-refractivity contribution < 1.29 is 8.78 Å². The molecule has 78 valence electrons. The Bertz CT molecular complexity index is 329. The van der Waals surface area contributed by atoms with Gasteiger partial charge in [-0.15, -0.1) is 0 Å². The fourth-order valence-corrected chi connectivity index (χ4v) is 1.16. The molecule has 0 aliphatic heterocycles. The fourth-order valence-electron chi connectivity index (χ4n) is 1.16. The molecule has 1 rings (SSSR count). The first-order chi connectivity index (χ1) is 6.32. The van der Waals surface area contributed by atoms with Crippen molar-refractivity contribution in [3.05, 3.63) is 23.4 Å². The van der Waals surface area contributed by atoms with Gasteiger partial charge >= 0.3 is 0 Å². The summed E-state index contributed by atoms with van der Waals surface area (Å²) in [5.41, 5.74) is 5.97. The average molecular weight is 200 g/mol. The number of halogens is 2. The standard InChI is InChI=1S/C10H14F2N2/c1-6(2)7-4-8(10(3,11)12)9(13)14-5-7/h4-6H,1-3H3,(H2,13,14). The van der Waals surface area contributed by atoms with Gasteiger partial charge in [0.1, 0.15) is 5.82 Å². The SMILES string of the molecule is CC(C)c1cnc(N)c(C(C)(F)F)c1. The van der Waals surface area contributed by atoms with Crippen LogP contribution in [0.1, 0.15) is 37.8 Å². The number of pyridine rings is 1. The third kappa shape index (κ3) is 2.19. The smallest absolute Gasteiger partial charge is 0.274 e. The van der Waals surface area contributed by atoms with Crippen molar-refractivity contribution in [2.75, 3.05) is 5.73 Å². The molecule has 4 heteroatoms. The van der Waals surface area contributed by atoms with Crippen LogP contribution in [-0.4, -0.2) is 4.98 Å². The van der Waals surface area contributed by atoms with E-state index in [1.54, 1.807) is 0 Å². The monoisotopic (exact) mass is 200 g/mol. The van der Waals surface area contributed by atoms with Gasteiger partial charge in [-0.3, -0.25) is 0 Å². The van der Waals surface area contributed by atoms with Gasteiger partial charge in [0.2, 0.25) is 0 Å². The molecule has 0 amide bonds. The zero-order chi connectivity index (χ0) is 10.9. The van der Waals surface area contributed by atoms with Crippen LogP contribution in [0.25, 0.3) is 0 Å². The summed E-state index contributed by atoms with van der Waals surface area (Å²) < 4.78 is 26.1. The maximum atomic E-state index is 13.0. The lowest BCUT2D eigenvalue weighted by Gasteiger charge is -2.15. The number of aromatic nitrogens is 1. The summed E-state index contributed by atoms with van der Waals surface area (Å²) >= 11 is 0. The van der Waals surface area contributed by atoms with Crippen molar-refractivity contribution in [3.8, 4) is 0 Å². The molecule has 0 saturated carbocycles. The maximum absolute atomic E-state index is 13.0. The molecule has 1 heterocycles. The van der Waals surface area contributed by atoms with Gasteiger partial charge in [-0.25, -0.2) is 13.8 Å². The fraction of sp³-hybridized carbons (Fsp3) is 0.500. The van der Waals surface area contributed by atoms with Gasteiger partial charge in [-0.05, 0) is 17.5 Å². The Morgan fingerprint density at radius 3 is 2.43 bits per heavy atom. The zero-order valence-corrected chi connectivity index (χ0v) is 8.51. The molecule has 0 aliphatic rings. The molecule has 0 aliphatic carbocycles. The van der Waals surface area contributed by atoms with E-state index in [4.69, 9.17) is 5.73 Å². The Kier molecular flexibility index (Phi) is 2.73. The zero-order valence-electron chi connectivity index (χ0n) is 8.51. The second-order valence-electron chi connectivity index (χ2n) is 3.74. The number of alkyl halides is 2. The highest BCUT2D eigenvalue weighted by Gasteiger charge is 2.28. The van der Waals surface area contributed by atoms with E-state index in [2.05, 4.69) is 4.98 Å². The van der Waals surface area contributed by atoms with E-state index in [-0.39, 0.29) is 17.3 Å². The highest BCUT2D eigenvalue weighted by Crippen LogP contribution is 2.32. The summed E-state index contributed by atoms with van der Waals surface area (Å²) in [6.45, 7) is 4.67. The normalized spacial score (nSPS) is 12.1. The van der Waals surface area contributed by atoms with Crippen molar-refractivity contribution in [1.82, 2.24) is 4.98 Å². The summed E-state index contributed by atoms with van der Waals surface area (Å²) in [5.74, 6) is -2.85. The van der Waals surface area contributed by atoms with Gasteiger partial charge in [0.15, 0.2) is 0 Å². The lowest BCUT2D eigenvalue weighted by atomic mass is 10.0. The van der Waals surface area contributed by atoms with Crippen molar-refractivity contribution in [1.29, 1.82) is 0 Å². The van der Waals surface area contributed by atoms with Gasteiger partial charge in [-0.1, -0.05) is 13.8 Å². The van der Waals surface area contributed by atoms with E-state index in [0.29, 0.717) is 0 Å². The molecular weight excluding hydrogens is 186 g/mol. The summed E-state index contributed by atoms with van der Waals surface area (Å²) in [5, 5.41) is 0. The summed E-state index contributed by atoms with van der Waals surface area (Å²) in [4.78, 5) is 3.76. The first-order valence-electron chi connectivity index (χ1n) is 4.46. The van der Waals surface area contributed by atoms with Crippen LogP contribution in [0.15, 0.2) is 12.3 Å². The number of hydrogen-bond acceptors (Lipinski definition) is 2. The van der Waals surface area contributed by atoms with Gasteiger partial charge < -0.3 is 5.73 Å². The minimum Gasteiger partial charge on any atom is -0.383 e. The molecule has 0 spiro atoms. The molecular formula is C10H14F2N2. The Hall–Kier alpha value is -1.19. The van der Waals surface area contributed by atoms with E-state index < -0.39 is 5.92 Å². The van der Waals surface area contributed by atoms with Crippen molar-refractivity contribution in [3.63, 3.8) is 0 Å². The summed E-state index contributed by atoms with van der Waals surface area (Å²) in [6, 6.07) is 1.42. The van der Waals surface area contributed by atoms with Crippen molar-refractivity contribution >= 4 is 5.82 Å². The number of nitrogens with zero attached hydrogens (tertiary/aromatic N) is 1. The van der Waals surface area contributed by atoms with Gasteiger partial charge in [0, 0.05) is 13.1 Å². The lowest BCUT2D eigenvalue weighted by Crippen LogP contribution is -2.12. The van der Waals surface area contributed by atoms with Crippen LogP contribution in [0, 0.1) is 0 Å². The van der Waals surface area contributed by atoms with Crippen LogP contribution >= 0.6 is 0 Å². The molecule has 0 radical (unpaired) electrons. The van der Waals surface area contributed by atoms with Gasteiger partial charge in [0.25, 0.3) is 5.92 Å². The Balaban J connectivity index is 3.22. The Morgan fingerprint density at radius 1 is 1.43 bits per heavy atom. The third-order valence-corrected chi connectivity index (χ3v) is 2.08. The van der Waals surface area contributed by atoms with E-state index in [1.807, 2.05) is 13.8 Å². The highest BCUT2D eigenvalue weighted by atomic mass is 19.3. The van der Waals surface area contributed by atoms with Crippen LogP contribution < -0.4 is 5.73 Å². The minimum atomic E-state index is -2.93. The number of anilines is 1. The quantitative estimate of drug-likeness (QED) is 0.797. The van der Waals surface area contributed by atoms with Crippen LogP contribution in [0.4, 0.5) is 14.6 Å². The van der Waals surface area contributed by atoms with Gasteiger partial charge in [0.05, 0.1) is 5.56 Å². The van der Waals surface area contributed by atoms with E-state index in [1.165, 1.54) is 12.3 Å². The Morgan fingerprint density at radius 2 is 2.00 bits per heavy atom. The third-order valence-electron chi connectivity index (χ3n) is 2.08. The predicted octanol–water partition coefficient (Wildman–Crippen LogP) is 2.90. The molecule has 2 nitrogen and oxygen atoms in total. The number of hydrogen-bond donors (Lipinski definition) is 1. The molecule has 0 fully saturated rings. The first kappa shape index (κ1) is 10.9. The average Bonchev–Trinajstić information content (AvgIpc) is 2.02. The minimum absolute atomic E-state index is 0.0955. The molecule has 0 saturated heterocycles. The lowest BCUT2D eigenvalue weighted by molar-refractivity contribution is 0.0179. The highest BCUT2D eigenvalue weighted by molar-refractivity contribution is 5.44. The second kappa shape index (κ2) is 3.52. The Labute approximate surface area is 82.1 Å². The van der Waals surface area contributed by atoms with Crippen molar-refractivity contribution in [2.24, 2.45) is 0 Å². The van der Waals surface area contributed by atoms with E-state index in [9.17, 15) is 8.78 Å². The summed E-state index contributed by atoms with van der Waals surface area (Å²) in [6.07, 6.45) is 1.54. The summed E-state index contributed by atoms with van der Waals surface area (Å²) in [7, 11) is 0. The molecule has 1 aromatic heterocycles. The van der Waals surface area contributed by atoms with Gasteiger partial charge in [-0.2, -0.15) is 0 Å². The molecule has 0 bridgehead atoms. The van der Waals surface area contributed by atoms with E-state index >= 15 is 0 Å². The molecule has 0 aromatic carbocycles. The van der Waals surface area contributed by atoms with Crippen LogP contribution in [-0.2, 0) is 5.92 Å². The van der Waals surface area contributed by atoms with Crippen LogP contribution in [0.3, 0.4) is 0 Å². The van der Waals surface area contributed by atoms with Crippen molar-refractivity contribution in [2.45, 2.75) is 32.6 Å². The van der Waals surface area contributed by atoms with E-state index in [0.717, 1.165) is 12.5 Å². The van der Waals surface area contributed by atoms with Crippen LogP contribution in [0.2, 0.25) is 0 Å².